The van der Waals surface area contributed by atoms with Crippen LogP contribution in [-0.2, 0) is 30.2 Å². The quantitative estimate of drug-likeness (QED) is 0.0434. The molecule has 0 spiro atoms. The number of amides is 1. The van der Waals surface area contributed by atoms with Crippen molar-refractivity contribution in [2.45, 2.75) is 81.4 Å². The van der Waals surface area contributed by atoms with Crippen molar-refractivity contribution in [3.05, 3.63) is 103 Å². The zero-order chi connectivity index (χ0) is 45.9. The number of aliphatic hydroxyl groups excluding tert-OH is 2. The molecule has 2 aliphatic heterocycles. The maximum atomic E-state index is 14.2. The van der Waals surface area contributed by atoms with Crippen LogP contribution in [0.25, 0.3) is 0 Å². The monoisotopic (exact) mass is 884 g/mol. The number of aliphatic hydroxyl groups is 3. The molecule has 1 unspecified atom stereocenters. The number of nitrogens with one attached hydrogen (secondary N) is 1. The fraction of sp³-hybridized carbons (Fsp3) is 0.409. The topological polar surface area (TPSA) is 294 Å². The molecule has 2 saturated heterocycles. The number of ketones is 4. The first kappa shape index (κ1) is 44.4. The van der Waals surface area contributed by atoms with Gasteiger partial charge in [0.05, 0.1) is 72.1 Å². The van der Waals surface area contributed by atoms with Crippen LogP contribution in [0.3, 0.4) is 0 Å². The zero-order valence-electron chi connectivity index (χ0n) is 34.7. The summed E-state index contributed by atoms with van der Waals surface area (Å²) in [5.41, 5.74) is -4.06. The van der Waals surface area contributed by atoms with Crippen molar-refractivity contribution in [2.24, 2.45) is 5.10 Å². The number of allylic oxidation sites excluding steroid dienone is 2. The Morgan fingerprint density at radius 2 is 1.77 bits per heavy atom. The molecule has 8 rings (SSSR count). The minimum atomic E-state index is -2.39. The molecule has 5 aliphatic rings. The van der Waals surface area contributed by atoms with Crippen molar-refractivity contribution in [3.63, 3.8) is 0 Å². The number of morpholine rings is 1. The fourth-order valence-electron chi connectivity index (χ4n) is 9.43. The molecule has 20 nitrogen and oxygen atoms in total. The van der Waals surface area contributed by atoms with Crippen LogP contribution < -0.4 is 10.2 Å². The van der Waals surface area contributed by atoms with Gasteiger partial charge in [0.15, 0.2) is 23.6 Å². The summed E-state index contributed by atoms with van der Waals surface area (Å²) in [5.74, 6) is -6.95. The number of benzene rings is 3. The number of hydrazone groups is 1. The van der Waals surface area contributed by atoms with Gasteiger partial charge in [-0.15, -0.1) is 0 Å². The van der Waals surface area contributed by atoms with Gasteiger partial charge in [-0.2, -0.15) is 5.10 Å². The zero-order valence-corrected chi connectivity index (χ0v) is 34.7. The molecule has 2 heterocycles. The number of ether oxygens (including phenoxy) is 4. The summed E-state index contributed by atoms with van der Waals surface area (Å²) >= 11 is 0. The molecule has 3 aromatic rings. The number of carbonyl (C=O) groups excluding carboxylic acids is 5. The lowest BCUT2D eigenvalue weighted by atomic mass is 9.71. The lowest BCUT2D eigenvalue weighted by Crippen LogP contribution is -2.59. The van der Waals surface area contributed by atoms with Crippen molar-refractivity contribution in [1.29, 1.82) is 0 Å². The Labute approximate surface area is 363 Å². The van der Waals surface area contributed by atoms with Crippen molar-refractivity contribution < 1.29 is 73.4 Å². The van der Waals surface area contributed by atoms with E-state index in [1.807, 2.05) is 11.8 Å². The van der Waals surface area contributed by atoms with Gasteiger partial charge < -0.3 is 44.5 Å². The second-order valence-electron chi connectivity index (χ2n) is 16.4. The Hall–Kier alpha value is -6.26. The number of carbonyl (C=O) groups is 5. The van der Waals surface area contributed by atoms with Crippen molar-refractivity contribution in [1.82, 2.24) is 10.3 Å². The number of fused-ring (bicyclic) bond motifs is 3. The number of phenols is 2. The third-order valence-electron chi connectivity index (χ3n) is 12.6. The van der Waals surface area contributed by atoms with E-state index < -0.39 is 135 Å². The largest absolute Gasteiger partial charge is 0.507 e. The average Bonchev–Trinajstić information content (AvgIpc) is 3.61. The van der Waals surface area contributed by atoms with Gasteiger partial charge in [-0.25, -0.2) is 5.43 Å². The number of phenolic OH excluding ortho intramolecular Hbond substituents is 2. The molecule has 0 aromatic heterocycles. The van der Waals surface area contributed by atoms with E-state index in [1.54, 1.807) is 6.92 Å². The number of nitro benzene ring substituents is 1. The third kappa shape index (κ3) is 7.55. The van der Waals surface area contributed by atoms with Gasteiger partial charge in [-0.3, -0.25) is 39.0 Å². The molecule has 3 aliphatic carbocycles. The van der Waals surface area contributed by atoms with Gasteiger partial charge in [0.25, 0.3) is 11.6 Å². The van der Waals surface area contributed by atoms with E-state index in [4.69, 9.17) is 18.9 Å². The van der Waals surface area contributed by atoms with Crippen LogP contribution in [-0.4, -0.2) is 140 Å². The SMILES string of the molecule is COc1cccc2c1C(=O)c1c(O)c3c(c(O)c1C2=O)C[C@@](O)(/C(CO)=N/NC(=O)c1cc(C2C(=O)C=CC2=O)ccc1[N+](=O)[O-])C[C@@H]3O[C@H]1CC(N2CCO[C@H](C)C2)[C@H](O)[C@H](C)O1. The summed E-state index contributed by atoms with van der Waals surface area (Å²) < 4.78 is 23.7. The summed E-state index contributed by atoms with van der Waals surface area (Å²) in [7, 11) is 1.30. The fourth-order valence-corrected chi connectivity index (χ4v) is 9.43. The van der Waals surface area contributed by atoms with Gasteiger partial charge in [-0.05, 0) is 43.7 Å². The van der Waals surface area contributed by atoms with Crippen molar-refractivity contribution >= 4 is 40.4 Å². The summed E-state index contributed by atoms with van der Waals surface area (Å²) in [6, 6.07) is 6.87. The Bertz CT molecular complexity index is 2560. The first-order valence-electron chi connectivity index (χ1n) is 20.4. The van der Waals surface area contributed by atoms with Crippen LogP contribution in [0, 0.1) is 10.1 Å². The normalized spacial score (nSPS) is 27.2. The molecule has 6 N–H and O–H groups in total. The molecule has 2 fully saturated rings. The van der Waals surface area contributed by atoms with Crippen LogP contribution >= 0.6 is 0 Å². The van der Waals surface area contributed by atoms with E-state index in [2.05, 4.69) is 10.5 Å². The molecule has 0 radical (unpaired) electrons. The van der Waals surface area contributed by atoms with Gasteiger partial charge in [0.1, 0.15) is 34.3 Å². The van der Waals surface area contributed by atoms with E-state index in [-0.39, 0.29) is 46.1 Å². The second kappa shape index (κ2) is 17.0. The third-order valence-corrected chi connectivity index (χ3v) is 12.6. The molecule has 0 saturated carbocycles. The number of nitrogens with zero attached hydrogens (tertiary/aromatic N) is 3. The highest BCUT2D eigenvalue weighted by Crippen LogP contribution is 2.53. The lowest BCUT2D eigenvalue weighted by Gasteiger charge is -2.47. The smallest absolute Gasteiger partial charge is 0.282 e. The van der Waals surface area contributed by atoms with Crippen molar-refractivity contribution in [2.75, 3.05) is 33.4 Å². The summed E-state index contributed by atoms with van der Waals surface area (Å²) in [6.07, 6.45) is -3.69. The van der Waals surface area contributed by atoms with Gasteiger partial charge in [-0.1, -0.05) is 18.2 Å². The summed E-state index contributed by atoms with van der Waals surface area (Å²) in [5, 5.41) is 74.6. The Balaban J connectivity index is 1.19. The summed E-state index contributed by atoms with van der Waals surface area (Å²) in [6.45, 7) is 3.84. The van der Waals surface area contributed by atoms with Crippen LogP contribution in [0.2, 0.25) is 0 Å². The molecule has 20 heteroatoms. The van der Waals surface area contributed by atoms with Crippen LogP contribution in [0.15, 0.2) is 53.7 Å². The molecule has 3 aromatic carbocycles. The average molecular weight is 885 g/mol. The van der Waals surface area contributed by atoms with E-state index in [0.29, 0.717) is 19.7 Å². The minimum absolute atomic E-state index is 0.00512. The van der Waals surface area contributed by atoms with Crippen LogP contribution in [0.1, 0.15) is 97.6 Å². The number of hydrogen-bond donors (Lipinski definition) is 6. The highest BCUT2D eigenvalue weighted by atomic mass is 16.7. The number of aromatic hydroxyl groups is 2. The minimum Gasteiger partial charge on any atom is -0.507 e. The molecular formula is C44H44N4O16. The molecule has 0 bridgehead atoms. The first-order valence-corrected chi connectivity index (χ1v) is 20.4. The van der Waals surface area contributed by atoms with E-state index >= 15 is 0 Å². The first-order chi connectivity index (χ1) is 30.5. The number of nitro groups is 1. The Morgan fingerprint density at radius 1 is 1.05 bits per heavy atom. The van der Waals surface area contributed by atoms with Crippen LogP contribution in [0.4, 0.5) is 5.69 Å². The van der Waals surface area contributed by atoms with Gasteiger partial charge in [0.2, 0.25) is 5.78 Å². The highest BCUT2D eigenvalue weighted by molar-refractivity contribution is 6.31. The Kier molecular flexibility index (Phi) is 11.8. The predicted octanol–water partition coefficient (Wildman–Crippen LogP) is 1.68. The van der Waals surface area contributed by atoms with Crippen molar-refractivity contribution in [3.8, 4) is 17.2 Å². The predicted molar refractivity (Wildman–Crippen MR) is 219 cm³/mol. The molecule has 1 amide bonds. The van der Waals surface area contributed by atoms with E-state index in [1.165, 1.54) is 31.4 Å². The van der Waals surface area contributed by atoms with E-state index in [9.17, 15) is 59.6 Å². The van der Waals surface area contributed by atoms with E-state index in [0.717, 1.165) is 24.3 Å². The maximum absolute atomic E-state index is 14.2. The molecule has 336 valence electrons. The molecule has 7 atom stereocenters. The number of methoxy groups -OCH3 is 1. The Morgan fingerprint density at radius 3 is 2.44 bits per heavy atom. The summed E-state index contributed by atoms with van der Waals surface area (Å²) in [4.78, 5) is 80.0. The molecule has 64 heavy (non-hydrogen) atoms. The number of hydrogen-bond acceptors (Lipinski definition) is 18. The molecular weight excluding hydrogens is 840 g/mol. The van der Waals surface area contributed by atoms with Crippen LogP contribution in [0.5, 0.6) is 17.2 Å². The van der Waals surface area contributed by atoms with Gasteiger partial charge in [0, 0.05) is 61.2 Å². The highest BCUT2D eigenvalue weighted by Gasteiger charge is 2.50. The second-order valence-corrected chi connectivity index (χ2v) is 16.4. The standard InChI is InChI=1S/C44H44N4O16/c1-19-17-47(11-12-62-19)26-14-32(63-20(2)38(26)52)64-30-16-44(58,15-24-35(30)42(56)37-36(40(24)54)39(53)22-5-4-6-29(61-3)34(22)41(37)55)31(18-49)45-46-43(57)23-13-21(7-8-25(23)48(59)60)33-27(50)9-10-28(33)51/h4-10,13,19-20,26,30,32-33,38,49,52,54,56,58H,11-12,14-18H2,1-3H3,(H,46,57)/b45-31+/t19-,20+,26?,30+,32+,38-,44+/m1/s1. The maximum Gasteiger partial charge on any atom is 0.282 e. The van der Waals surface area contributed by atoms with Gasteiger partial charge >= 0.3 is 0 Å². The lowest BCUT2D eigenvalue weighted by molar-refractivity contribution is -0.385. The number of rotatable bonds is 10.